The molecule has 3 aromatic rings. The number of halogens is 2. The minimum atomic E-state index is -0.384. The number of benzene rings is 2. The van der Waals surface area contributed by atoms with Gasteiger partial charge in [-0.05, 0) is 42.5 Å². The molecule has 0 bridgehead atoms. The summed E-state index contributed by atoms with van der Waals surface area (Å²) in [5.74, 6) is 0.648. The molecule has 0 saturated carbocycles. The maximum Gasteiger partial charge on any atom is 0.258 e. The second kappa shape index (κ2) is 9.47. The van der Waals surface area contributed by atoms with Gasteiger partial charge in [0.2, 0.25) is 12.7 Å². The summed E-state index contributed by atoms with van der Waals surface area (Å²) in [5.41, 5.74) is 1.38. The smallest absolute Gasteiger partial charge is 0.258 e. The van der Waals surface area contributed by atoms with E-state index in [0.717, 1.165) is 11.8 Å². The Hall–Kier alpha value is -2.94. The molecule has 31 heavy (non-hydrogen) atoms. The molecular weight excluding hydrogens is 461 g/mol. The van der Waals surface area contributed by atoms with E-state index in [2.05, 4.69) is 15.6 Å². The molecule has 0 atom stereocenters. The normalized spacial score (nSPS) is 11.8. The molecule has 2 heterocycles. The Balaban J connectivity index is 1.40. The Morgan fingerprint density at radius 2 is 1.74 bits per heavy atom. The van der Waals surface area contributed by atoms with Crippen LogP contribution in [0.25, 0.3) is 0 Å². The second-order valence-corrected chi connectivity index (χ2v) is 8.21. The molecule has 0 spiro atoms. The zero-order valence-corrected chi connectivity index (χ0v) is 18.2. The molecule has 2 N–H and O–H groups in total. The van der Waals surface area contributed by atoms with Gasteiger partial charge in [-0.1, -0.05) is 35.0 Å². The first-order valence-electron chi connectivity index (χ1n) is 9.03. The van der Waals surface area contributed by atoms with E-state index in [4.69, 9.17) is 32.7 Å². The fraction of sp³-hybridized carbons (Fsp3) is 0.0952. The van der Waals surface area contributed by atoms with Crippen LogP contribution in [0, 0.1) is 0 Å². The first-order valence-corrected chi connectivity index (χ1v) is 10.8. The van der Waals surface area contributed by atoms with Gasteiger partial charge in [0, 0.05) is 33.7 Å². The quantitative estimate of drug-likeness (QED) is 0.482. The third-order valence-electron chi connectivity index (χ3n) is 4.13. The van der Waals surface area contributed by atoms with E-state index in [1.165, 1.54) is 0 Å². The van der Waals surface area contributed by atoms with Gasteiger partial charge in [0.05, 0.1) is 11.3 Å². The maximum absolute atomic E-state index is 12.7. The third-order valence-corrected chi connectivity index (χ3v) is 5.57. The number of carbonyl (C=O) groups is 2. The number of hydrogen-bond acceptors (Lipinski definition) is 6. The van der Waals surface area contributed by atoms with Crippen molar-refractivity contribution in [2.75, 3.05) is 23.2 Å². The van der Waals surface area contributed by atoms with Crippen LogP contribution < -0.4 is 20.1 Å². The highest BCUT2D eigenvalue weighted by Gasteiger charge is 2.17. The van der Waals surface area contributed by atoms with Gasteiger partial charge in [0.15, 0.2) is 11.5 Å². The van der Waals surface area contributed by atoms with Gasteiger partial charge >= 0.3 is 0 Å². The van der Waals surface area contributed by atoms with E-state index >= 15 is 0 Å². The summed E-state index contributed by atoms with van der Waals surface area (Å²) >= 11 is 13.1. The first kappa shape index (κ1) is 21.3. The van der Waals surface area contributed by atoms with Gasteiger partial charge in [0.1, 0.15) is 5.03 Å². The molecule has 10 heteroatoms. The van der Waals surface area contributed by atoms with Crippen molar-refractivity contribution in [3.63, 3.8) is 0 Å². The maximum atomic E-state index is 12.7. The standard InChI is InChI=1S/C21H15Cl2N3O4S/c22-12-6-13(23)8-15(7-12)26-20(28)16-2-1-5-24-21(16)31-10-19(27)25-14-3-4-17-18(9-14)30-11-29-17/h1-9H,10-11H2,(H,25,27)(H,26,28). The fourth-order valence-corrected chi connectivity index (χ4v) is 4.13. The van der Waals surface area contributed by atoms with Crippen LogP contribution in [-0.4, -0.2) is 29.3 Å². The van der Waals surface area contributed by atoms with Crippen LogP contribution in [0.2, 0.25) is 10.0 Å². The summed E-state index contributed by atoms with van der Waals surface area (Å²) < 4.78 is 10.6. The number of thioether (sulfide) groups is 1. The van der Waals surface area contributed by atoms with Crippen molar-refractivity contribution in [1.82, 2.24) is 4.98 Å². The van der Waals surface area contributed by atoms with E-state index in [9.17, 15) is 9.59 Å². The Morgan fingerprint density at radius 3 is 2.55 bits per heavy atom. The number of aromatic nitrogens is 1. The number of ether oxygens (including phenoxy) is 2. The van der Waals surface area contributed by atoms with Crippen molar-refractivity contribution in [1.29, 1.82) is 0 Å². The van der Waals surface area contributed by atoms with Gasteiger partial charge in [-0.3, -0.25) is 9.59 Å². The minimum absolute atomic E-state index is 0.0642. The van der Waals surface area contributed by atoms with Crippen LogP contribution >= 0.6 is 35.0 Å². The predicted octanol–water partition coefficient (Wildman–Crippen LogP) is 5.10. The predicted molar refractivity (Wildman–Crippen MR) is 121 cm³/mol. The lowest BCUT2D eigenvalue weighted by Crippen LogP contribution is -2.16. The van der Waals surface area contributed by atoms with Crippen molar-refractivity contribution >= 4 is 58.2 Å². The largest absolute Gasteiger partial charge is 0.454 e. The Kier molecular flexibility index (Phi) is 6.50. The van der Waals surface area contributed by atoms with Crippen LogP contribution in [0.4, 0.5) is 11.4 Å². The molecule has 0 aliphatic carbocycles. The molecule has 1 aliphatic rings. The fourth-order valence-electron chi connectivity index (χ4n) is 2.81. The van der Waals surface area contributed by atoms with Crippen molar-refractivity contribution in [2.24, 2.45) is 0 Å². The number of nitrogens with zero attached hydrogens (tertiary/aromatic N) is 1. The molecule has 0 fully saturated rings. The minimum Gasteiger partial charge on any atom is -0.454 e. The van der Waals surface area contributed by atoms with Crippen molar-refractivity contribution in [2.45, 2.75) is 5.03 Å². The number of nitrogens with one attached hydrogen (secondary N) is 2. The number of hydrogen-bond donors (Lipinski definition) is 2. The summed E-state index contributed by atoms with van der Waals surface area (Å²) in [6.45, 7) is 0.161. The van der Waals surface area contributed by atoms with Gasteiger partial charge < -0.3 is 20.1 Å². The summed E-state index contributed by atoms with van der Waals surface area (Å²) in [7, 11) is 0. The number of carbonyl (C=O) groups excluding carboxylic acids is 2. The van der Waals surface area contributed by atoms with Gasteiger partial charge in [-0.25, -0.2) is 4.98 Å². The van der Waals surface area contributed by atoms with E-state index < -0.39 is 0 Å². The molecule has 1 aliphatic heterocycles. The number of anilines is 2. The van der Waals surface area contributed by atoms with E-state index in [1.807, 2.05) is 0 Å². The monoisotopic (exact) mass is 475 g/mol. The zero-order valence-electron chi connectivity index (χ0n) is 15.9. The third kappa shape index (κ3) is 5.41. The van der Waals surface area contributed by atoms with Crippen molar-refractivity contribution in [3.05, 3.63) is 70.3 Å². The number of fused-ring (bicyclic) bond motifs is 1. The molecule has 2 aromatic carbocycles. The number of pyridine rings is 1. The molecule has 158 valence electrons. The van der Waals surface area contributed by atoms with Gasteiger partial charge in [-0.2, -0.15) is 0 Å². The Morgan fingerprint density at radius 1 is 0.968 bits per heavy atom. The molecule has 0 unspecified atom stereocenters. The summed E-state index contributed by atoms with van der Waals surface area (Å²) in [6.07, 6.45) is 1.56. The van der Waals surface area contributed by atoms with E-state index in [-0.39, 0.29) is 24.4 Å². The molecule has 1 aromatic heterocycles. The lowest BCUT2D eigenvalue weighted by Gasteiger charge is -2.10. The van der Waals surface area contributed by atoms with E-state index in [0.29, 0.717) is 43.5 Å². The van der Waals surface area contributed by atoms with Crippen LogP contribution in [-0.2, 0) is 4.79 Å². The molecule has 7 nitrogen and oxygen atoms in total. The summed E-state index contributed by atoms with van der Waals surface area (Å²) in [5, 5.41) is 6.77. The number of rotatable bonds is 6. The van der Waals surface area contributed by atoms with Gasteiger partial charge in [0.25, 0.3) is 5.91 Å². The van der Waals surface area contributed by atoms with E-state index in [1.54, 1.807) is 54.7 Å². The highest BCUT2D eigenvalue weighted by molar-refractivity contribution is 8.00. The Bertz CT molecular complexity index is 1140. The lowest BCUT2D eigenvalue weighted by atomic mass is 10.2. The summed E-state index contributed by atoms with van der Waals surface area (Å²) in [6, 6.07) is 13.2. The molecule has 0 saturated heterocycles. The first-order chi connectivity index (χ1) is 15.0. The molecule has 2 amide bonds. The molecule has 4 rings (SSSR count). The highest BCUT2D eigenvalue weighted by Crippen LogP contribution is 2.34. The lowest BCUT2D eigenvalue weighted by molar-refractivity contribution is -0.113. The molecular formula is C21H15Cl2N3O4S. The average Bonchev–Trinajstić information content (AvgIpc) is 3.19. The number of amides is 2. The van der Waals surface area contributed by atoms with Crippen LogP contribution in [0.3, 0.4) is 0 Å². The van der Waals surface area contributed by atoms with Crippen LogP contribution in [0.1, 0.15) is 10.4 Å². The molecule has 0 radical (unpaired) electrons. The average molecular weight is 476 g/mol. The van der Waals surface area contributed by atoms with Crippen LogP contribution in [0.15, 0.2) is 59.8 Å². The topological polar surface area (TPSA) is 89.6 Å². The second-order valence-electron chi connectivity index (χ2n) is 6.37. The SMILES string of the molecule is O=C(CSc1ncccc1C(=O)Nc1cc(Cl)cc(Cl)c1)Nc1ccc2c(c1)OCO2. The van der Waals surface area contributed by atoms with Crippen molar-refractivity contribution in [3.8, 4) is 11.5 Å². The van der Waals surface area contributed by atoms with Crippen LogP contribution in [0.5, 0.6) is 11.5 Å². The van der Waals surface area contributed by atoms with Crippen molar-refractivity contribution < 1.29 is 19.1 Å². The van der Waals surface area contributed by atoms with Gasteiger partial charge in [-0.15, -0.1) is 0 Å². The highest BCUT2D eigenvalue weighted by atomic mass is 35.5. The Labute approximate surface area is 192 Å². The summed E-state index contributed by atoms with van der Waals surface area (Å²) in [4.78, 5) is 29.3. The zero-order chi connectivity index (χ0) is 21.8.